The molecule has 0 radical (unpaired) electrons. The van der Waals surface area contributed by atoms with Gasteiger partial charge < -0.3 is 10.1 Å². The van der Waals surface area contributed by atoms with Crippen molar-refractivity contribution in [2.75, 3.05) is 7.11 Å². The van der Waals surface area contributed by atoms with Crippen LogP contribution in [0.1, 0.15) is 42.5 Å². The van der Waals surface area contributed by atoms with Crippen LogP contribution < -0.4 is 15.6 Å². The molecule has 1 aromatic carbocycles. The number of hydrogen-bond acceptors (Lipinski definition) is 3. The Bertz CT molecular complexity index is 759. The molecule has 5 nitrogen and oxygen atoms in total. The second kappa shape index (κ2) is 7.34. The first-order valence-corrected chi connectivity index (χ1v) is 8.35. The van der Waals surface area contributed by atoms with Crippen molar-refractivity contribution in [3.63, 3.8) is 0 Å². The van der Waals surface area contributed by atoms with E-state index in [9.17, 15) is 9.59 Å². The summed E-state index contributed by atoms with van der Waals surface area (Å²) in [6, 6.07) is 10.4. The van der Waals surface area contributed by atoms with Gasteiger partial charge in [0.05, 0.1) is 12.7 Å². The number of aromatic nitrogens is 1. The van der Waals surface area contributed by atoms with Crippen molar-refractivity contribution >= 4 is 5.91 Å². The lowest BCUT2D eigenvalue weighted by atomic mass is 9.95. The zero-order valence-electron chi connectivity index (χ0n) is 13.8. The highest BCUT2D eigenvalue weighted by molar-refractivity contribution is 5.94. The minimum atomic E-state index is -0.172. The predicted octanol–water partition coefficient (Wildman–Crippen LogP) is 2.91. The second-order valence-electron chi connectivity index (χ2n) is 6.13. The standard InChI is InChI=1S/C19H22N2O3/c1-24-17-10-8-16(9-11-17)21-13-14(7-12-18(21)22)19(23)20-15-5-3-2-4-6-15/h7-13,15H,2-6H2,1H3,(H,20,23). The van der Waals surface area contributed by atoms with Gasteiger partial charge in [-0.1, -0.05) is 19.3 Å². The number of benzene rings is 1. The molecule has 1 fully saturated rings. The van der Waals surface area contributed by atoms with E-state index in [-0.39, 0.29) is 17.5 Å². The van der Waals surface area contributed by atoms with Gasteiger partial charge in [0.1, 0.15) is 5.75 Å². The highest BCUT2D eigenvalue weighted by Gasteiger charge is 2.17. The molecule has 0 aliphatic heterocycles. The van der Waals surface area contributed by atoms with Crippen molar-refractivity contribution in [1.29, 1.82) is 0 Å². The molecule has 0 atom stereocenters. The number of carbonyl (C=O) groups is 1. The van der Waals surface area contributed by atoms with Gasteiger partial charge in [-0.3, -0.25) is 14.2 Å². The summed E-state index contributed by atoms with van der Waals surface area (Å²) in [7, 11) is 1.59. The van der Waals surface area contributed by atoms with Gasteiger partial charge >= 0.3 is 0 Å². The number of ether oxygens (including phenoxy) is 1. The van der Waals surface area contributed by atoms with E-state index >= 15 is 0 Å². The van der Waals surface area contributed by atoms with Crippen LogP contribution in [-0.4, -0.2) is 23.6 Å². The molecule has 1 heterocycles. The molecule has 1 aliphatic carbocycles. The molecule has 24 heavy (non-hydrogen) atoms. The Morgan fingerprint density at radius 3 is 2.46 bits per heavy atom. The third-order valence-corrected chi connectivity index (χ3v) is 4.46. The molecule has 5 heteroatoms. The van der Waals surface area contributed by atoms with E-state index in [1.807, 2.05) is 0 Å². The fourth-order valence-corrected chi connectivity index (χ4v) is 3.08. The van der Waals surface area contributed by atoms with Crippen LogP contribution in [-0.2, 0) is 0 Å². The lowest BCUT2D eigenvalue weighted by Crippen LogP contribution is -2.36. The van der Waals surface area contributed by atoms with E-state index in [0.29, 0.717) is 11.3 Å². The number of nitrogens with one attached hydrogen (secondary N) is 1. The summed E-state index contributed by atoms with van der Waals surface area (Å²) in [5, 5.41) is 3.08. The maximum Gasteiger partial charge on any atom is 0.255 e. The summed E-state index contributed by atoms with van der Waals surface area (Å²) in [5.41, 5.74) is 1.03. The molecule has 1 N–H and O–H groups in total. The first-order chi connectivity index (χ1) is 11.7. The second-order valence-corrected chi connectivity index (χ2v) is 6.13. The van der Waals surface area contributed by atoms with Gasteiger partial charge in [0.25, 0.3) is 11.5 Å². The van der Waals surface area contributed by atoms with Crippen LogP contribution in [0.15, 0.2) is 47.4 Å². The Balaban J connectivity index is 1.82. The van der Waals surface area contributed by atoms with Gasteiger partial charge in [-0.15, -0.1) is 0 Å². The van der Waals surface area contributed by atoms with Crippen molar-refractivity contribution in [3.8, 4) is 11.4 Å². The third kappa shape index (κ3) is 3.67. The van der Waals surface area contributed by atoms with Gasteiger partial charge in [-0.25, -0.2) is 0 Å². The van der Waals surface area contributed by atoms with Gasteiger partial charge in [-0.2, -0.15) is 0 Å². The molecule has 2 aromatic rings. The SMILES string of the molecule is COc1ccc(-n2cc(C(=O)NC3CCCCC3)ccc2=O)cc1. The summed E-state index contributed by atoms with van der Waals surface area (Å²) >= 11 is 0. The van der Waals surface area contributed by atoms with Crippen LogP contribution in [0.5, 0.6) is 5.75 Å². The summed E-state index contributed by atoms with van der Waals surface area (Å²) in [4.78, 5) is 24.6. The fraction of sp³-hybridized carbons (Fsp3) is 0.368. The maximum atomic E-state index is 12.5. The third-order valence-electron chi connectivity index (χ3n) is 4.46. The number of nitrogens with zero attached hydrogens (tertiary/aromatic N) is 1. The first-order valence-electron chi connectivity index (χ1n) is 8.35. The molecule has 1 amide bonds. The smallest absolute Gasteiger partial charge is 0.255 e. The van der Waals surface area contributed by atoms with Crippen molar-refractivity contribution in [3.05, 3.63) is 58.5 Å². The largest absolute Gasteiger partial charge is 0.497 e. The lowest BCUT2D eigenvalue weighted by molar-refractivity contribution is 0.0927. The van der Waals surface area contributed by atoms with Crippen LogP contribution in [0.2, 0.25) is 0 Å². The van der Waals surface area contributed by atoms with Gasteiger partial charge in [0.2, 0.25) is 0 Å². The Labute approximate surface area is 141 Å². The van der Waals surface area contributed by atoms with E-state index < -0.39 is 0 Å². The molecule has 1 aromatic heterocycles. The lowest BCUT2D eigenvalue weighted by Gasteiger charge is -2.22. The number of amides is 1. The number of rotatable bonds is 4. The molecule has 0 bridgehead atoms. The van der Waals surface area contributed by atoms with Crippen LogP contribution in [0.3, 0.4) is 0 Å². The topological polar surface area (TPSA) is 60.3 Å². The van der Waals surface area contributed by atoms with Gasteiger partial charge in [0, 0.05) is 24.0 Å². The molecule has 0 unspecified atom stereocenters. The quantitative estimate of drug-likeness (QED) is 0.940. The Morgan fingerprint density at radius 2 is 1.79 bits per heavy atom. The molecule has 0 saturated heterocycles. The van der Waals surface area contributed by atoms with Crippen molar-refractivity contribution in [1.82, 2.24) is 9.88 Å². The molecule has 0 spiro atoms. The molecule has 126 valence electrons. The molecular formula is C19H22N2O3. The summed E-state index contributed by atoms with van der Waals surface area (Å²) < 4.78 is 6.61. The van der Waals surface area contributed by atoms with Crippen LogP contribution in [0.25, 0.3) is 5.69 Å². The Kier molecular flexibility index (Phi) is 4.99. The highest BCUT2D eigenvalue weighted by Crippen LogP contribution is 2.18. The van der Waals surface area contributed by atoms with E-state index in [1.165, 1.54) is 17.1 Å². The maximum absolute atomic E-state index is 12.5. The van der Waals surface area contributed by atoms with Crippen molar-refractivity contribution < 1.29 is 9.53 Å². The number of pyridine rings is 1. The number of hydrogen-bond donors (Lipinski definition) is 1. The predicted molar refractivity (Wildman–Crippen MR) is 92.9 cm³/mol. The number of methoxy groups -OCH3 is 1. The number of carbonyl (C=O) groups excluding carboxylic acids is 1. The summed E-state index contributed by atoms with van der Waals surface area (Å²) in [5.74, 6) is 0.599. The summed E-state index contributed by atoms with van der Waals surface area (Å²) in [6.07, 6.45) is 7.23. The average molecular weight is 326 g/mol. The Hall–Kier alpha value is -2.56. The average Bonchev–Trinajstić information content (AvgIpc) is 2.63. The van der Waals surface area contributed by atoms with Crippen LogP contribution >= 0.6 is 0 Å². The molecule has 1 aliphatic rings. The van der Waals surface area contributed by atoms with Crippen molar-refractivity contribution in [2.45, 2.75) is 38.1 Å². The molecular weight excluding hydrogens is 304 g/mol. The molecule has 3 rings (SSSR count). The normalized spacial score (nSPS) is 15.0. The Morgan fingerprint density at radius 1 is 1.08 bits per heavy atom. The van der Waals surface area contributed by atoms with Crippen LogP contribution in [0, 0.1) is 0 Å². The van der Waals surface area contributed by atoms with E-state index in [4.69, 9.17) is 4.74 Å². The summed E-state index contributed by atoms with van der Waals surface area (Å²) in [6.45, 7) is 0. The van der Waals surface area contributed by atoms with E-state index in [0.717, 1.165) is 31.4 Å². The first kappa shape index (κ1) is 16.3. The van der Waals surface area contributed by atoms with Crippen molar-refractivity contribution in [2.24, 2.45) is 0 Å². The minimum Gasteiger partial charge on any atom is -0.497 e. The highest BCUT2D eigenvalue weighted by atomic mass is 16.5. The monoisotopic (exact) mass is 326 g/mol. The van der Waals surface area contributed by atoms with Crippen LogP contribution in [0.4, 0.5) is 0 Å². The zero-order chi connectivity index (χ0) is 16.9. The van der Waals surface area contributed by atoms with Gasteiger partial charge in [-0.05, 0) is 43.2 Å². The van der Waals surface area contributed by atoms with E-state index in [1.54, 1.807) is 43.6 Å². The van der Waals surface area contributed by atoms with Gasteiger partial charge in [0.15, 0.2) is 0 Å². The molecule has 1 saturated carbocycles. The fourth-order valence-electron chi connectivity index (χ4n) is 3.08. The minimum absolute atomic E-state index is 0.121. The van der Waals surface area contributed by atoms with E-state index in [2.05, 4.69) is 5.32 Å². The zero-order valence-corrected chi connectivity index (χ0v) is 13.8.